The molecular formula is C8H5BrClO2-. The Balaban J connectivity index is 3.36. The number of aromatic carboxylic acids is 1. The topological polar surface area (TPSA) is 40.1 Å². The fourth-order valence-corrected chi connectivity index (χ4v) is 1.47. The van der Waals surface area contributed by atoms with Gasteiger partial charge in [-0.05, 0) is 34.5 Å². The molecule has 0 atom stereocenters. The summed E-state index contributed by atoms with van der Waals surface area (Å²) in [5.41, 5.74) is 0.647. The van der Waals surface area contributed by atoms with E-state index in [-0.39, 0.29) is 5.56 Å². The fourth-order valence-electron chi connectivity index (χ4n) is 0.873. The van der Waals surface area contributed by atoms with Crippen molar-refractivity contribution in [2.24, 2.45) is 0 Å². The summed E-state index contributed by atoms with van der Waals surface area (Å²) in [5.74, 6) is -1.21. The second-order valence-corrected chi connectivity index (χ2v) is 3.55. The molecule has 0 radical (unpaired) electrons. The van der Waals surface area contributed by atoms with Crippen molar-refractivity contribution < 1.29 is 9.90 Å². The summed E-state index contributed by atoms with van der Waals surface area (Å²) in [6.07, 6.45) is 0. The van der Waals surface area contributed by atoms with Crippen LogP contribution in [0.3, 0.4) is 0 Å². The van der Waals surface area contributed by atoms with E-state index in [1.165, 1.54) is 6.07 Å². The van der Waals surface area contributed by atoms with Crippen molar-refractivity contribution >= 4 is 33.5 Å². The predicted molar refractivity (Wildman–Crippen MR) is 48.2 cm³/mol. The number of halogens is 2. The van der Waals surface area contributed by atoms with E-state index in [2.05, 4.69) is 15.9 Å². The molecule has 0 fully saturated rings. The molecule has 1 aromatic rings. The Hall–Kier alpha value is -0.540. The summed E-state index contributed by atoms with van der Waals surface area (Å²) in [6.45, 7) is 1.64. The minimum absolute atomic E-state index is 0.128. The van der Waals surface area contributed by atoms with E-state index >= 15 is 0 Å². The molecule has 0 spiro atoms. The van der Waals surface area contributed by atoms with Crippen molar-refractivity contribution in [2.45, 2.75) is 6.92 Å². The highest BCUT2D eigenvalue weighted by atomic mass is 79.9. The number of hydrogen-bond acceptors (Lipinski definition) is 2. The number of carbonyl (C=O) groups is 1. The van der Waals surface area contributed by atoms with Gasteiger partial charge in [0.1, 0.15) is 0 Å². The van der Waals surface area contributed by atoms with Crippen LogP contribution in [-0.2, 0) is 0 Å². The van der Waals surface area contributed by atoms with Crippen LogP contribution in [0.15, 0.2) is 16.6 Å². The van der Waals surface area contributed by atoms with Crippen LogP contribution in [0, 0.1) is 6.92 Å². The first-order valence-corrected chi connectivity index (χ1v) is 4.37. The predicted octanol–water partition coefficient (Wildman–Crippen LogP) is 1.77. The molecule has 1 rings (SSSR count). The lowest BCUT2D eigenvalue weighted by Gasteiger charge is -2.08. The van der Waals surface area contributed by atoms with Crippen LogP contribution in [0.5, 0.6) is 0 Å². The molecule has 0 aromatic heterocycles. The van der Waals surface area contributed by atoms with E-state index in [1.807, 2.05) is 0 Å². The first kappa shape index (κ1) is 9.55. The van der Waals surface area contributed by atoms with E-state index in [0.717, 1.165) is 0 Å². The van der Waals surface area contributed by atoms with Crippen molar-refractivity contribution in [1.29, 1.82) is 0 Å². The Morgan fingerprint density at radius 3 is 2.67 bits per heavy atom. The van der Waals surface area contributed by atoms with Crippen molar-refractivity contribution in [3.63, 3.8) is 0 Å². The zero-order valence-corrected chi connectivity index (χ0v) is 8.57. The van der Waals surface area contributed by atoms with Crippen LogP contribution in [0.1, 0.15) is 15.9 Å². The van der Waals surface area contributed by atoms with E-state index < -0.39 is 5.97 Å². The summed E-state index contributed by atoms with van der Waals surface area (Å²) in [6, 6.07) is 3.04. The van der Waals surface area contributed by atoms with Gasteiger partial charge in [-0.2, -0.15) is 0 Å². The molecule has 0 amide bonds. The van der Waals surface area contributed by atoms with Gasteiger partial charge in [-0.1, -0.05) is 17.7 Å². The Labute approximate surface area is 83.3 Å². The normalized spacial score (nSPS) is 9.92. The third-order valence-corrected chi connectivity index (χ3v) is 2.94. The molecule has 0 saturated heterocycles. The average molecular weight is 248 g/mol. The molecule has 0 aliphatic rings. The summed E-state index contributed by atoms with van der Waals surface area (Å²) in [7, 11) is 0. The highest BCUT2D eigenvalue weighted by molar-refractivity contribution is 9.10. The smallest absolute Gasteiger partial charge is 0.0718 e. The van der Waals surface area contributed by atoms with Gasteiger partial charge in [0.15, 0.2) is 0 Å². The number of carboxylic acids is 1. The average Bonchev–Trinajstić information content (AvgIpc) is 2.00. The zero-order chi connectivity index (χ0) is 9.30. The van der Waals surface area contributed by atoms with Gasteiger partial charge in [-0.15, -0.1) is 0 Å². The molecule has 0 heterocycles. The third-order valence-electron chi connectivity index (χ3n) is 1.56. The molecule has 12 heavy (non-hydrogen) atoms. The lowest BCUT2D eigenvalue weighted by molar-refractivity contribution is -0.255. The molecular weight excluding hydrogens is 243 g/mol. The maximum absolute atomic E-state index is 10.5. The van der Waals surface area contributed by atoms with Gasteiger partial charge >= 0.3 is 0 Å². The SMILES string of the molecule is Cc1c(C(=O)[O-])ccc(Br)c1Cl. The van der Waals surface area contributed by atoms with Crippen molar-refractivity contribution in [1.82, 2.24) is 0 Å². The number of benzene rings is 1. The number of carboxylic acid groups (broad SMARTS) is 1. The van der Waals surface area contributed by atoms with Crippen LogP contribution in [-0.4, -0.2) is 5.97 Å². The monoisotopic (exact) mass is 247 g/mol. The van der Waals surface area contributed by atoms with Crippen LogP contribution < -0.4 is 5.11 Å². The molecule has 0 aliphatic heterocycles. The lowest BCUT2D eigenvalue weighted by Crippen LogP contribution is -2.23. The first-order chi connectivity index (χ1) is 5.54. The van der Waals surface area contributed by atoms with Crippen LogP contribution in [0.2, 0.25) is 5.02 Å². The van der Waals surface area contributed by atoms with E-state index in [9.17, 15) is 9.90 Å². The molecule has 1 aromatic carbocycles. The lowest BCUT2D eigenvalue weighted by atomic mass is 10.1. The number of rotatable bonds is 1. The van der Waals surface area contributed by atoms with Gasteiger partial charge in [-0.25, -0.2) is 0 Å². The molecule has 0 N–H and O–H groups in total. The summed E-state index contributed by atoms with van der Waals surface area (Å²) >= 11 is 8.97. The Kier molecular flexibility index (Phi) is 2.75. The summed E-state index contributed by atoms with van der Waals surface area (Å²) < 4.78 is 0.687. The van der Waals surface area contributed by atoms with E-state index in [0.29, 0.717) is 15.1 Å². The van der Waals surface area contributed by atoms with Crippen LogP contribution in [0.25, 0.3) is 0 Å². The van der Waals surface area contributed by atoms with Gasteiger partial charge in [0.05, 0.1) is 11.0 Å². The second-order valence-electron chi connectivity index (χ2n) is 2.32. The van der Waals surface area contributed by atoms with Crippen molar-refractivity contribution in [3.05, 3.63) is 32.8 Å². The van der Waals surface area contributed by atoms with Crippen LogP contribution in [0.4, 0.5) is 0 Å². The molecule has 2 nitrogen and oxygen atoms in total. The Morgan fingerprint density at radius 1 is 1.58 bits per heavy atom. The first-order valence-electron chi connectivity index (χ1n) is 3.20. The minimum atomic E-state index is -1.21. The van der Waals surface area contributed by atoms with Gasteiger partial charge < -0.3 is 9.90 Å². The maximum atomic E-state index is 10.5. The highest BCUT2D eigenvalue weighted by Gasteiger charge is 2.05. The quantitative estimate of drug-likeness (QED) is 0.760. The zero-order valence-electron chi connectivity index (χ0n) is 6.23. The molecule has 64 valence electrons. The highest BCUT2D eigenvalue weighted by Crippen LogP contribution is 2.27. The van der Waals surface area contributed by atoms with E-state index in [4.69, 9.17) is 11.6 Å². The standard InChI is InChI=1S/C8H6BrClO2/c1-4-5(8(11)12)2-3-6(9)7(4)10/h2-3H,1H3,(H,11,12)/p-1. The number of hydrogen-bond donors (Lipinski definition) is 0. The second kappa shape index (κ2) is 3.46. The summed E-state index contributed by atoms with van der Waals surface area (Å²) in [4.78, 5) is 10.5. The minimum Gasteiger partial charge on any atom is -0.545 e. The van der Waals surface area contributed by atoms with E-state index in [1.54, 1.807) is 13.0 Å². The van der Waals surface area contributed by atoms with Gasteiger partial charge in [0.2, 0.25) is 0 Å². The van der Waals surface area contributed by atoms with Gasteiger partial charge in [-0.3, -0.25) is 0 Å². The third kappa shape index (κ3) is 1.62. The van der Waals surface area contributed by atoms with Gasteiger partial charge in [0, 0.05) is 10.0 Å². The molecule has 0 unspecified atom stereocenters. The van der Waals surface area contributed by atoms with Crippen molar-refractivity contribution in [2.75, 3.05) is 0 Å². The molecule has 4 heteroatoms. The van der Waals surface area contributed by atoms with Gasteiger partial charge in [0.25, 0.3) is 0 Å². The Morgan fingerprint density at radius 2 is 2.17 bits per heavy atom. The Bertz CT molecular complexity index is 336. The largest absolute Gasteiger partial charge is 0.545 e. The molecule has 0 bridgehead atoms. The maximum Gasteiger partial charge on any atom is 0.0718 e. The summed E-state index contributed by atoms with van der Waals surface area (Å²) in [5, 5.41) is 10.9. The van der Waals surface area contributed by atoms with Crippen LogP contribution >= 0.6 is 27.5 Å². The fraction of sp³-hybridized carbons (Fsp3) is 0.125. The number of carbonyl (C=O) groups excluding carboxylic acids is 1. The molecule has 0 saturated carbocycles. The van der Waals surface area contributed by atoms with Crippen molar-refractivity contribution in [3.8, 4) is 0 Å². The molecule has 0 aliphatic carbocycles.